The Morgan fingerprint density at radius 1 is 1.42 bits per heavy atom. The minimum absolute atomic E-state index is 0.377. The van der Waals surface area contributed by atoms with Crippen molar-refractivity contribution >= 4 is 23.5 Å². The first-order valence-corrected chi connectivity index (χ1v) is 6.63. The van der Waals surface area contributed by atoms with E-state index in [0.29, 0.717) is 17.0 Å². The van der Waals surface area contributed by atoms with Crippen LogP contribution in [0.25, 0.3) is 0 Å². The van der Waals surface area contributed by atoms with E-state index in [1.807, 2.05) is 6.92 Å². The average molecular weight is 284 g/mol. The summed E-state index contributed by atoms with van der Waals surface area (Å²) in [5.74, 6) is -1.38. The van der Waals surface area contributed by atoms with Gasteiger partial charge in [-0.3, -0.25) is 4.79 Å². The summed E-state index contributed by atoms with van der Waals surface area (Å²) >= 11 is 5.82. The van der Waals surface area contributed by atoms with Crippen LogP contribution >= 0.6 is 11.6 Å². The number of aliphatic carboxylic acids is 1. The molecule has 0 saturated carbocycles. The third-order valence-corrected chi connectivity index (χ3v) is 3.12. The number of benzene rings is 1. The SMILES string of the molecule is CCCC[C@H](NC(=O)c1ccc(Cl)cc1C)C(=O)O. The summed E-state index contributed by atoms with van der Waals surface area (Å²) in [6.45, 7) is 3.74. The van der Waals surface area contributed by atoms with Crippen LogP contribution < -0.4 is 5.32 Å². The van der Waals surface area contributed by atoms with Crippen molar-refractivity contribution in [3.8, 4) is 0 Å². The number of carboxylic acids is 1. The Labute approximate surface area is 117 Å². The molecule has 0 aliphatic heterocycles. The van der Waals surface area contributed by atoms with E-state index in [1.54, 1.807) is 25.1 Å². The molecule has 0 aliphatic rings. The van der Waals surface area contributed by atoms with E-state index < -0.39 is 12.0 Å². The van der Waals surface area contributed by atoms with Crippen LogP contribution in [-0.2, 0) is 4.79 Å². The van der Waals surface area contributed by atoms with E-state index in [1.165, 1.54) is 0 Å². The molecule has 0 spiro atoms. The number of nitrogens with one attached hydrogen (secondary N) is 1. The van der Waals surface area contributed by atoms with Gasteiger partial charge in [0.1, 0.15) is 6.04 Å². The summed E-state index contributed by atoms with van der Waals surface area (Å²) in [5, 5.41) is 12.2. The highest BCUT2D eigenvalue weighted by Crippen LogP contribution is 2.15. The lowest BCUT2D eigenvalue weighted by Crippen LogP contribution is -2.40. The molecule has 0 bridgehead atoms. The van der Waals surface area contributed by atoms with Crippen molar-refractivity contribution in [2.45, 2.75) is 39.2 Å². The average Bonchev–Trinajstić information content (AvgIpc) is 2.33. The van der Waals surface area contributed by atoms with Crippen molar-refractivity contribution < 1.29 is 14.7 Å². The Balaban J connectivity index is 2.78. The van der Waals surface area contributed by atoms with Crippen LogP contribution in [0.15, 0.2) is 18.2 Å². The second-order valence-corrected chi connectivity index (χ2v) is 4.90. The number of aryl methyl sites for hydroxylation is 1. The smallest absolute Gasteiger partial charge is 0.326 e. The van der Waals surface area contributed by atoms with E-state index in [0.717, 1.165) is 18.4 Å². The molecule has 1 amide bonds. The Kier molecular flexibility index (Phi) is 5.83. The van der Waals surface area contributed by atoms with Gasteiger partial charge < -0.3 is 10.4 Å². The predicted octanol–water partition coefficient (Wildman–Crippen LogP) is 3.02. The van der Waals surface area contributed by atoms with Gasteiger partial charge in [-0.2, -0.15) is 0 Å². The van der Waals surface area contributed by atoms with Gasteiger partial charge in [0.2, 0.25) is 0 Å². The molecule has 1 aromatic carbocycles. The number of unbranched alkanes of at least 4 members (excludes halogenated alkanes) is 1. The Bertz CT molecular complexity index is 474. The van der Waals surface area contributed by atoms with Gasteiger partial charge in [0.15, 0.2) is 0 Å². The molecule has 0 saturated heterocycles. The van der Waals surface area contributed by atoms with Crippen LogP contribution in [0.2, 0.25) is 5.02 Å². The minimum atomic E-state index is -1.01. The quantitative estimate of drug-likeness (QED) is 0.843. The molecule has 1 aromatic rings. The third kappa shape index (κ3) is 4.56. The molecule has 0 radical (unpaired) electrons. The number of hydrogen-bond donors (Lipinski definition) is 2. The first-order chi connectivity index (χ1) is 8.95. The van der Waals surface area contributed by atoms with Crippen LogP contribution in [0, 0.1) is 6.92 Å². The summed E-state index contributed by atoms with van der Waals surface area (Å²) in [4.78, 5) is 23.1. The van der Waals surface area contributed by atoms with E-state index in [-0.39, 0.29) is 5.91 Å². The van der Waals surface area contributed by atoms with Crippen molar-refractivity contribution in [3.05, 3.63) is 34.3 Å². The van der Waals surface area contributed by atoms with Crippen LogP contribution in [0.3, 0.4) is 0 Å². The first-order valence-electron chi connectivity index (χ1n) is 6.25. The number of carboxylic acid groups (broad SMARTS) is 1. The van der Waals surface area contributed by atoms with Crippen molar-refractivity contribution in [2.24, 2.45) is 0 Å². The molecular weight excluding hydrogens is 266 g/mol. The zero-order valence-electron chi connectivity index (χ0n) is 11.1. The van der Waals surface area contributed by atoms with Gasteiger partial charge in [0.05, 0.1) is 0 Å². The van der Waals surface area contributed by atoms with Crippen molar-refractivity contribution in [2.75, 3.05) is 0 Å². The van der Waals surface area contributed by atoms with Gasteiger partial charge in [0.25, 0.3) is 5.91 Å². The van der Waals surface area contributed by atoms with Gasteiger partial charge in [-0.15, -0.1) is 0 Å². The molecule has 4 nitrogen and oxygen atoms in total. The lowest BCUT2D eigenvalue weighted by atomic mass is 10.1. The maximum Gasteiger partial charge on any atom is 0.326 e. The van der Waals surface area contributed by atoms with Crippen molar-refractivity contribution in [1.29, 1.82) is 0 Å². The predicted molar refractivity (Wildman–Crippen MR) is 74.6 cm³/mol. The fraction of sp³-hybridized carbons (Fsp3) is 0.429. The van der Waals surface area contributed by atoms with E-state index in [4.69, 9.17) is 16.7 Å². The highest BCUT2D eigenvalue weighted by atomic mass is 35.5. The van der Waals surface area contributed by atoms with Gasteiger partial charge in [-0.25, -0.2) is 4.79 Å². The normalized spacial score (nSPS) is 11.9. The summed E-state index contributed by atoms with van der Waals surface area (Å²) in [6.07, 6.45) is 2.08. The number of hydrogen-bond acceptors (Lipinski definition) is 2. The molecule has 1 atom stereocenters. The maximum absolute atomic E-state index is 12.0. The standard InChI is InChI=1S/C14H18ClNO3/c1-3-4-5-12(14(18)19)16-13(17)11-7-6-10(15)8-9(11)2/h6-8,12H,3-5H2,1-2H3,(H,16,17)(H,18,19)/t12-/m0/s1. The van der Waals surface area contributed by atoms with Crippen molar-refractivity contribution in [1.82, 2.24) is 5.32 Å². The van der Waals surface area contributed by atoms with Crippen molar-refractivity contribution in [3.63, 3.8) is 0 Å². The molecule has 0 fully saturated rings. The maximum atomic E-state index is 12.0. The van der Waals surface area contributed by atoms with Gasteiger partial charge in [-0.05, 0) is 37.1 Å². The van der Waals surface area contributed by atoms with Gasteiger partial charge in [0, 0.05) is 10.6 Å². The zero-order valence-corrected chi connectivity index (χ0v) is 11.8. The molecule has 0 aliphatic carbocycles. The summed E-state index contributed by atoms with van der Waals surface area (Å²) in [6, 6.07) is 4.05. The van der Waals surface area contributed by atoms with Gasteiger partial charge >= 0.3 is 5.97 Å². The Morgan fingerprint density at radius 3 is 2.63 bits per heavy atom. The lowest BCUT2D eigenvalue weighted by molar-refractivity contribution is -0.139. The minimum Gasteiger partial charge on any atom is -0.480 e. The largest absolute Gasteiger partial charge is 0.480 e. The Hall–Kier alpha value is -1.55. The third-order valence-electron chi connectivity index (χ3n) is 2.88. The second-order valence-electron chi connectivity index (χ2n) is 4.47. The number of halogens is 1. The van der Waals surface area contributed by atoms with Crippen LogP contribution in [-0.4, -0.2) is 23.0 Å². The van der Waals surface area contributed by atoms with Crippen LogP contribution in [0.1, 0.15) is 42.1 Å². The molecule has 104 valence electrons. The molecule has 0 unspecified atom stereocenters. The first kappa shape index (κ1) is 15.5. The molecule has 2 N–H and O–H groups in total. The van der Waals surface area contributed by atoms with Crippen LogP contribution in [0.4, 0.5) is 0 Å². The monoisotopic (exact) mass is 283 g/mol. The number of amides is 1. The fourth-order valence-corrected chi connectivity index (χ4v) is 2.01. The Morgan fingerprint density at radius 2 is 2.11 bits per heavy atom. The van der Waals surface area contributed by atoms with E-state index in [2.05, 4.69) is 5.32 Å². The highest BCUT2D eigenvalue weighted by molar-refractivity contribution is 6.30. The molecule has 0 aromatic heterocycles. The summed E-state index contributed by atoms with van der Waals surface area (Å²) in [5.41, 5.74) is 1.18. The number of carbonyl (C=O) groups excluding carboxylic acids is 1. The lowest BCUT2D eigenvalue weighted by Gasteiger charge is -2.15. The van der Waals surface area contributed by atoms with E-state index in [9.17, 15) is 9.59 Å². The molecule has 5 heteroatoms. The molecular formula is C14H18ClNO3. The van der Waals surface area contributed by atoms with Crippen LogP contribution in [0.5, 0.6) is 0 Å². The summed E-state index contributed by atoms with van der Waals surface area (Å²) in [7, 11) is 0. The highest BCUT2D eigenvalue weighted by Gasteiger charge is 2.20. The fourth-order valence-electron chi connectivity index (χ4n) is 1.78. The molecule has 1 rings (SSSR count). The number of rotatable bonds is 6. The second kappa shape index (κ2) is 7.14. The van der Waals surface area contributed by atoms with Gasteiger partial charge in [-0.1, -0.05) is 31.4 Å². The topological polar surface area (TPSA) is 66.4 Å². The zero-order chi connectivity index (χ0) is 14.4. The van der Waals surface area contributed by atoms with E-state index >= 15 is 0 Å². The molecule has 0 heterocycles. The summed E-state index contributed by atoms with van der Waals surface area (Å²) < 4.78 is 0. The molecule has 19 heavy (non-hydrogen) atoms. The number of carbonyl (C=O) groups is 2.